The second-order valence-electron chi connectivity index (χ2n) is 6.20. The highest BCUT2D eigenvalue weighted by Crippen LogP contribution is 2.24. The number of rotatable bonds is 3. The fourth-order valence-corrected chi connectivity index (χ4v) is 3.21. The van der Waals surface area contributed by atoms with Gasteiger partial charge in [-0.25, -0.2) is 4.39 Å². The summed E-state index contributed by atoms with van der Waals surface area (Å²) in [4.78, 5) is 16.4. The number of amides is 1. The van der Waals surface area contributed by atoms with Crippen LogP contribution in [0.2, 0.25) is 0 Å². The van der Waals surface area contributed by atoms with Gasteiger partial charge in [0.25, 0.3) is 5.91 Å². The molecule has 25 heavy (non-hydrogen) atoms. The largest absolute Gasteiger partial charge is 0.336 e. The predicted octanol–water partition coefficient (Wildman–Crippen LogP) is 3.16. The molecule has 2 aromatic carbocycles. The normalized spacial score (nSPS) is 16.3. The highest BCUT2D eigenvalue weighted by molar-refractivity contribution is 5.95. The molecule has 128 valence electrons. The first-order valence-corrected chi connectivity index (χ1v) is 8.35. The van der Waals surface area contributed by atoms with Gasteiger partial charge in [0.15, 0.2) is 0 Å². The Hall–Kier alpha value is -2.71. The lowest BCUT2D eigenvalue weighted by Gasteiger charge is -2.37. The summed E-state index contributed by atoms with van der Waals surface area (Å²) in [6, 6.07) is 15.5. The quantitative estimate of drug-likeness (QED) is 0.864. The molecule has 5 heteroatoms. The molecule has 1 heterocycles. The number of hydrogen-bond acceptors (Lipinski definition) is 3. The van der Waals surface area contributed by atoms with Crippen molar-refractivity contribution in [1.29, 1.82) is 5.26 Å². The molecule has 1 aliphatic rings. The summed E-state index contributed by atoms with van der Waals surface area (Å²) < 4.78 is 14.0. The minimum Gasteiger partial charge on any atom is -0.336 e. The van der Waals surface area contributed by atoms with Crippen molar-refractivity contribution in [3.05, 3.63) is 71.0 Å². The minimum absolute atomic E-state index is 0.0112. The smallest absolute Gasteiger partial charge is 0.254 e. The number of hydrogen-bond donors (Lipinski definition) is 0. The maximum absolute atomic E-state index is 14.0. The summed E-state index contributed by atoms with van der Waals surface area (Å²) >= 11 is 0. The van der Waals surface area contributed by atoms with E-state index >= 15 is 0 Å². The van der Waals surface area contributed by atoms with E-state index in [2.05, 4.69) is 6.07 Å². The topological polar surface area (TPSA) is 47.3 Å². The maximum atomic E-state index is 14.0. The van der Waals surface area contributed by atoms with Gasteiger partial charge in [-0.05, 0) is 24.6 Å². The summed E-state index contributed by atoms with van der Waals surface area (Å²) in [7, 11) is 0. The predicted molar refractivity (Wildman–Crippen MR) is 93.4 cm³/mol. The summed E-state index contributed by atoms with van der Waals surface area (Å²) in [6.45, 7) is 4.07. The second kappa shape index (κ2) is 7.45. The highest BCUT2D eigenvalue weighted by Gasteiger charge is 2.29. The van der Waals surface area contributed by atoms with Crippen LogP contribution in [0.15, 0.2) is 48.5 Å². The number of aryl methyl sites for hydroxylation is 1. The van der Waals surface area contributed by atoms with Crippen molar-refractivity contribution < 1.29 is 9.18 Å². The maximum Gasteiger partial charge on any atom is 0.254 e. The molecule has 1 atom stereocenters. The second-order valence-corrected chi connectivity index (χ2v) is 6.20. The molecule has 0 radical (unpaired) electrons. The number of benzene rings is 2. The third kappa shape index (κ3) is 3.54. The Morgan fingerprint density at radius 1 is 1.08 bits per heavy atom. The van der Waals surface area contributed by atoms with Gasteiger partial charge in [0.2, 0.25) is 0 Å². The average molecular weight is 337 g/mol. The third-order valence-corrected chi connectivity index (χ3v) is 4.66. The summed E-state index contributed by atoms with van der Waals surface area (Å²) in [5.74, 6) is -0.357. The number of piperazine rings is 1. The molecular formula is C20H20FN3O. The van der Waals surface area contributed by atoms with Crippen molar-refractivity contribution in [3.63, 3.8) is 0 Å². The first kappa shape index (κ1) is 17.1. The summed E-state index contributed by atoms with van der Waals surface area (Å²) in [5.41, 5.74) is 2.06. The van der Waals surface area contributed by atoms with Crippen LogP contribution < -0.4 is 0 Å². The van der Waals surface area contributed by atoms with Crippen molar-refractivity contribution in [3.8, 4) is 6.07 Å². The molecule has 0 aromatic heterocycles. The van der Waals surface area contributed by atoms with Crippen LogP contribution >= 0.6 is 0 Å². The molecule has 0 saturated carbocycles. The minimum atomic E-state index is -0.628. The first-order valence-electron chi connectivity index (χ1n) is 8.35. The molecule has 1 aliphatic heterocycles. The molecule has 0 spiro atoms. The first-order chi connectivity index (χ1) is 12.1. The molecule has 1 amide bonds. The molecule has 0 N–H and O–H groups in total. The van der Waals surface area contributed by atoms with Crippen molar-refractivity contribution >= 4 is 5.91 Å². The molecule has 0 bridgehead atoms. The molecular weight excluding hydrogens is 317 g/mol. The zero-order chi connectivity index (χ0) is 17.8. The van der Waals surface area contributed by atoms with Crippen LogP contribution in [-0.2, 0) is 0 Å². The van der Waals surface area contributed by atoms with Gasteiger partial charge in [-0.15, -0.1) is 0 Å². The fourth-order valence-electron chi connectivity index (χ4n) is 3.21. The van der Waals surface area contributed by atoms with Gasteiger partial charge in [0, 0.05) is 37.3 Å². The van der Waals surface area contributed by atoms with Crippen molar-refractivity contribution in [2.45, 2.75) is 13.0 Å². The van der Waals surface area contributed by atoms with Crippen LogP contribution in [0.4, 0.5) is 4.39 Å². The van der Waals surface area contributed by atoms with E-state index in [9.17, 15) is 14.4 Å². The Morgan fingerprint density at radius 2 is 1.72 bits per heavy atom. The zero-order valence-corrected chi connectivity index (χ0v) is 14.2. The number of halogens is 1. The summed E-state index contributed by atoms with van der Waals surface area (Å²) in [6.07, 6.45) is 0. The van der Waals surface area contributed by atoms with E-state index in [1.807, 2.05) is 36.1 Å². The standard InChI is InChI=1S/C20H20FN3O/c1-15-6-2-3-7-16(15)20(25)24-12-10-23(11-13-24)19(14-22)17-8-4-5-9-18(17)21/h2-9,19H,10-13H2,1H3. The Labute approximate surface area is 147 Å². The molecule has 3 rings (SSSR count). The van der Waals surface area contributed by atoms with E-state index in [1.54, 1.807) is 23.1 Å². The van der Waals surface area contributed by atoms with Gasteiger partial charge in [0.05, 0.1) is 6.07 Å². The van der Waals surface area contributed by atoms with Crippen molar-refractivity contribution in [2.75, 3.05) is 26.2 Å². The van der Waals surface area contributed by atoms with Gasteiger partial charge >= 0.3 is 0 Å². The van der Waals surface area contributed by atoms with E-state index in [4.69, 9.17) is 0 Å². The number of carbonyl (C=O) groups is 1. The van der Waals surface area contributed by atoms with Crippen LogP contribution in [0.5, 0.6) is 0 Å². The Kier molecular flexibility index (Phi) is 5.11. The SMILES string of the molecule is Cc1ccccc1C(=O)N1CCN(C(C#N)c2ccccc2F)CC1. The van der Waals surface area contributed by atoms with Crippen LogP contribution in [-0.4, -0.2) is 41.9 Å². The fraction of sp³-hybridized carbons (Fsp3) is 0.300. The lowest BCUT2D eigenvalue weighted by molar-refractivity contribution is 0.0603. The zero-order valence-electron chi connectivity index (χ0n) is 14.2. The molecule has 0 aliphatic carbocycles. The highest BCUT2D eigenvalue weighted by atomic mass is 19.1. The van der Waals surface area contributed by atoms with Gasteiger partial charge in [-0.2, -0.15) is 5.26 Å². The number of nitrogens with zero attached hydrogens (tertiary/aromatic N) is 3. The van der Waals surface area contributed by atoms with E-state index in [1.165, 1.54) is 6.07 Å². The Balaban J connectivity index is 1.69. The lowest BCUT2D eigenvalue weighted by Crippen LogP contribution is -2.49. The van der Waals surface area contributed by atoms with Crippen LogP contribution in [0, 0.1) is 24.1 Å². The van der Waals surface area contributed by atoms with Crippen molar-refractivity contribution in [2.24, 2.45) is 0 Å². The molecule has 1 saturated heterocycles. The lowest BCUT2D eigenvalue weighted by atomic mass is 10.0. The van der Waals surface area contributed by atoms with Gasteiger partial charge < -0.3 is 4.90 Å². The number of carbonyl (C=O) groups excluding carboxylic acids is 1. The van der Waals surface area contributed by atoms with Gasteiger partial charge in [-0.3, -0.25) is 9.69 Å². The average Bonchev–Trinajstić information content (AvgIpc) is 2.64. The molecule has 2 aromatic rings. The van der Waals surface area contributed by atoms with E-state index in [0.717, 1.165) is 5.56 Å². The van der Waals surface area contributed by atoms with E-state index in [-0.39, 0.29) is 11.7 Å². The van der Waals surface area contributed by atoms with E-state index < -0.39 is 6.04 Å². The van der Waals surface area contributed by atoms with Crippen LogP contribution in [0.1, 0.15) is 27.5 Å². The molecule has 1 fully saturated rings. The van der Waals surface area contributed by atoms with Crippen LogP contribution in [0.25, 0.3) is 0 Å². The molecule has 1 unspecified atom stereocenters. The van der Waals surface area contributed by atoms with Crippen LogP contribution in [0.3, 0.4) is 0 Å². The third-order valence-electron chi connectivity index (χ3n) is 4.66. The summed E-state index contributed by atoms with van der Waals surface area (Å²) in [5, 5.41) is 9.51. The van der Waals surface area contributed by atoms with Gasteiger partial charge in [-0.1, -0.05) is 36.4 Å². The monoisotopic (exact) mass is 337 g/mol. The Bertz CT molecular complexity index is 807. The Morgan fingerprint density at radius 3 is 2.36 bits per heavy atom. The molecule has 4 nitrogen and oxygen atoms in total. The van der Waals surface area contributed by atoms with E-state index in [0.29, 0.717) is 37.3 Å². The van der Waals surface area contributed by atoms with Crippen molar-refractivity contribution in [1.82, 2.24) is 9.80 Å². The van der Waals surface area contributed by atoms with Gasteiger partial charge in [0.1, 0.15) is 11.9 Å². The number of nitriles is 1.